The van der Waals surface area contributed by atoms with Gasteiger partial charge < -0.3 is 62.9 Å². The average Bonchev–Trinajstić information content (AvgIpc) is 3.58. The predicted molar refractivity (Wildman–Crippen MR) is 234 cm³/mol. The van der Waals surface area contributed by atoms with Gasteiger partial charge in [0, 0.05) is 58.7 Å². The number of carbonyl (C=O) groups excluding carboxylic acids is 2. The minimum absolute atomic E-state index is 0.0266. The Kier molecular flexibility index (Phi) is 15.5. The molecule has 358 valence electrons. The second-order valence-corrected chi connectivity index (χ2v) is 19.5. The molecular formula is C49H73NO14. The third-order valence-corrected chi connectivity index (χ3v) is 14.4. The second-order valence-electron chi connectivity index (χ2n) is 19.5. The maximum Gasteiger partial charge on any atom is 0.316 e. The van der Waals surface area contributed by atoms with Crippen LogP contribution in [0.1, 0.15) is 94.4 Å². The second kappa shape index (κ2) is 20.2. The predicted octanol–water partition coefficient (Wildman–Crippen LogP) is 5.13. The van der Waals surface area contributed by atoms with Crippen molar-refractivity contribution in [1.29, 1.82) is 0 Å². The summed E-state index contributed by atoms with van der Waals surface area (Å²) < 4.78 is 64.2. The van der Waals surface area contributed by atoms with Gasteiger partial charge in [0.15, 0.2) is 18.4 Å². The van der Waals surface area contributed by atoms with Crippen molar-refractivity contribution in [3.63, 3.8) is 0 Å². The Balaban J connectivity index is 1.16. The number of amides is 1. The highest BCUT2D eigenvalue weighted by molar-refractivity contribution is 5.78. The molecule has 4 saturated heterocycles. The largest absolute Gasteiger partial charge is 0.462 e. The van der Waals surface area contributed by atoms with E-state index in [4.69, 9.17) is 47.4 Å². The monoisotopic (exact) mass is 900 g/mol. The van der Waals surface area contributed by atoms with Crippen LogP contribution in [0, 0.1) is 23.7 Å². The van der Waals surface area contributed by atoms with Crippen molar-refractivity contribution in [3.8, 4) is 0 Å². The fourth-order valence-electron chi connectivity index (χ4n) is 10.9. The van der Waals surface area contributed by atoms with Crippen LogP contribution in [0.25, 0.3) is 0 Å². The molecule has 7 rings (SSSR count). The molecule has 3 N–H and O–H groups in total. The number of rotatable bonds is 8. The van der Waals surface area contributed by atoms with Gasteiger partial charge in [-0.25, -0.2) is 0 Å². The molecule has 1 aliphatic carbocycles. The number of hydrogen-bond acceptors (Lipinski definition) is 14. The molecule has 1 spiro atoms. The first kappa shape index (κ1) is 49.1. The Morgan fingerprint density at radius 3 is 2.31 bits per heavy atom. The van der Waals surface area contributed by atoms with E-state index in [1.807, 2.05) is 39.0 Å². The molecule has 0 aromatic rings. The number of ether oxygens (including phenoxy) is 10. The summed E-state index contributed by atoms with van der Waals surface area (Å²) in [5.74, 6) is -2.81. The molecule has 0 saturated carbocycles. The Bertz CT molecular complexity index is 1830. The van der Waals surface area contributed by atoms with Crippen molar-refractivity contribution in [3.05, 3.63) is 59.3 Å². The molecule has 7 aliphatic rings. The van der Waals surface area contributed by atoms with Gasteiger partial charge in [0.1, 0.15) is 35.9 Å². The minimum Gasteiger partial charge on any atom is -0.462 e. The van der Waals surface area contributed by atoms with Crippen LogP contribution < -0.4 is 5.32 Å². The van der Waals surface area contributed by atoms with Crippen LogP contribution in [0.15, 0.2) is 59.3 Å². The third-order valence-electron chi connectivity index (χ3n) is 14.4. The SMILES string of the molecule is CO[C@H]1C[C@H](O[C@@H]2[C@@H](C)O[C@H](O[C@@H]3/C(C)=C/CC4C[C@@H](C[C@]5(C=C[C@H](C)[C@@H](C(C)C)O5)O4)OC(=O)[C@@H]4C=C(C)[C@@H](O)[C@H]5OC/C(=C\C=C\[C@@H]3C)[C@]54O)C[C@H]2OC)O[C@@H](C)[C@@H]1NC(C)=O. The van der Waals surface area contributed by atoms with Gasteiger partial charge in [-0.1, -0.05) is 64.2 Å². The zero-order valence-electron chi connectivity index (χ0n) is 39.5. The van der Waals surface area contributed by atoms with Crippen molar-refractivity contribution in [1.82, 2.24) is 5.32 Å². The summed E-state index contributed by atoms with van der Waals surface area (Å²) in [5.41, 5.74) is 0.112. The van der Waals surface area contributed by atoms with Gasteiger partial charge in [-0.2, -0.15) is 0 Å². The van der Waals surface area contributed by atoms with E-state index in [1.54, 1.807) is 33.3 Å². The normalized spacial score (nSPS) is 47.4. The first-order valence-corrected chi connectivity index (χ1v) is 23.3. The summed E-state index contributed by atoms with van der Waals surface area (Å²) >= 11 is 0. The molecule has 1 unspecified atom stereocenters. The number of methoxy groups -OCH3 is 2. The van der Waals surface area contributed by atoms with E-state index >= 15 is 0 Å². The van der Waals surface area contributed by atoms with Gasteiger partial charge in [-0.15, -0.1) is 0 Å². The molecule has 0 aromatic heterocycles. The number of carbonyl (C=O) groups is 2. The first-order chi connectivity index (χ1) is 30.4. The summed E-state index contributed by atoms with van der Waals surface area (Å²) in [4.78, 5) is 26.2. The Morgan fingerprint density at radius 1 is 0.906 bits per heavy atom. The standard InChI is InChI=1S/C49H73NO14/c1-25(2)43-28(5)17-18-48(64-43)23-35-20-34(63-48)16-15-27(4)44(26(3)13-12-14-33-24-57-46-42(52)29(6)19-36(47(53)60-35)49(33,46)54)61-40-22-38(56-11)45(31(8)59-40)62-39-21-37(55-10)41(30(7)58-39)50-32(9)51/h12-15,17-19,25-26,28,30-31,34-46,52,54H,16,20-24H2,1-11H3,(H,50,51)/b13-12+,27-15+,33-14+/t26-,28-,30-,31+,34?,35-,36-,37-,38+,39-,40+,41-,42+,43+,44-,45+,46+,48+,49+/m0/s1. The number of aliphatic hydroxyl groups is 2. The van der Waals surface area contributed by atoms with Gasteiger partial charge >= 0.3 is 5.97 Å². The fourth-order valence-corrected chi connectivity index (χ4v) is 10.9. The lowest BCUT2D eigenvalue weighted by Crippen LogP contribution is -2.58. The molecule has 0 aromatic carbocycles. The van der Waals surface area contributed by atoms with E-state index in [1.165, 1.54) is 6.92 Å². The van der Waals surface area contributed by atoms with Crippen LogP contribution >= 0.6 is 0 Å². The third kappa shape index (κ3) is 10.2. The topological polar surface area (TPSA) is 179 Å². The van der Waals surface area contributed by atoms with Gasteiger partial charge in [-0.3, -0.25) is 9.59 Å². The summed E-state index contributed by atoms with van der Waals surface area (Å²) in [6, 6.07) is -0.314. The average molecular weight is 900 g/mol. The van der Waals surface area contributed by atoms with Gasteiger partial charge in [0.25, 0.3) is 0 Å². The van der Waals surface area contributed by atoms with Gasteiger partial charge in [0.05, 0.1) is 55.4 Å². The van der Waals surface area contributed by atoms with Crippen molar-refractivity contribution >= 4 is 11.9 Å². The lowest BCUT2D eigenvalue weighted by Gasteiger charge is -2.48. The Morgan fingerprint density at radius 2 is 1.61 bits per heavy atom. The summed E-state index contributed by atoms with van der Waals surface area (Å²) in [7, 11) is 3.27. The number of nitrogens with one attached hydrogen (secondary N) is 1. The smallest absolute Gasteiger partial charge is 0.316 e. The maximum absolute atomic E-state index is 14.3. The first-order valence-electron chi connectivity index (χ1n) is 23.3. The lowest BCUT2D eigenvalue weighted by molar-refractivity contribution is -0.311. The number of allylic oxidation sites excluding steroid dienone is 2. The summed E-state index contributed by atoms with van der Waals surface area (Å²) in [6.45, 7) is 17.5. The maximum atomic E-state index is 14.3. The molecule has 64 heavy (non-hydrogen) atoms. The zero-order chi connectivity index (χ0) is 46.2. The van der Waals surface area contributed by atoms with Gasteiger partial charge in [-0.05, 0) is 62.8 Å². The molecule has 19 atom stereocenters. The van der Waals surface area contributed by atoms with Crippen LogP contribution in [0.3, 0.4) is 0 Å². The molecule has 2 bridgehead atoms. The minimum atomic E-state index is -1.84. The zero-order valence-corrected chi connectivity index (χ0v) is 39.5. The molecule has 1 amide bonds. The van der Waals surface area contributed by atoms with Crippen LogP contribution in [0.5, 0.6) is 0 Å². The van der Waals surface area contributed by atoms with E-state index in [0.717, 1.165) is 5.57 Å². The molecule has 6 aliphatic heterocycles. The number of fused-ring (bicyclic) bond motifs is 2. The molecule has 15 heteroatoms. The number of aliphatic hydroxyl groups excluding tert-OH is 1. The van der Waals surface area contributed by atoms with E-state index in [0.29, 0.717) is 36.8 Å². The van der Waals surface area contributed by atoms with Crippen molar-refractivity contribution in [2.24, 2.45) is 23.7 Å². The van der Waals surface area contributed by atoms with E-state index in [2.05, 4.69) is 45.2 Å². The van der Waals surface area contributed by atoms with Crippen molar-refractivity contribution < 1.29 is 67.2 Å². The van der Waals surface area contributed by atoms with Crippen LogP contribution in [-0.2, 0) is 57.0 Å². The highest BCUT2D eigenvalue weighted by atomic mass is 16.7. The van der Waals surface area contributed by atoms with E-state index in [-0.39, 0.29) is 61.0 Å². The quantitative estimate of drug-likeness (QED) is 0.216. The highest BCUT2D eigenvalue weighted by Crippen LogP contribution is 2.47. The van der Waals surface area contributed by atoms with Crippen molar-refractivity contribution in [2.45, 2.75) is 192 Å². The lowest BCUT2D eigenvalue weighted by atomic mass is 9.71. The summed E-state index contributed by atoms with van der Waals surface area (Å²) in [6.07, 6.45) is 8.46. The van der Waals surface area contributed by atoms with Crippen molar-refractivity contribution in [2.75, 3.05) is 20.8 Å². The van der Waals surface area contributed by atoms with E-state index in [9.17, 15) is 19.8 Å². The number of hydrogen-bond donors (Lipinski definition) is 3. The highest BCUT2D eigenvalue weighted by Gasteiger charge is 2.60. The summed E-state index contributed by atoms with van der Waals surface area (Å²) in [5, 5.41) is 26.7. The molecule has 0 radical (unpaired) electrons. The Hall–Kier alpha value is -2.80. The van der Waals surface area contributed by atoms with Gasteiger partial charge in [0.2, 0.25) is 5.91 Å². The Labute approximate surface area is 378 Å². The molecular weight excluding hydrogens is 827 g/mol. The van der Waals surface area contributed by atoms with Crippen LogP contribution in [-0.4, -0.2) is 140 Å². The van der Waals surface area contributed by atoms with Crippen LogP contribution in [0.2, 0.25) is 0 Å². The fraction of sp³-hybridized carbons (Fsp3) is 0.755. The number of esters is 1. The molecule has 6 heterocycles. The van der Waals surface area contributed by atoms with Crippen LogP contribution in [0.4, 0.5) is 0 Å². The van der Waals surface area contributed by atoms with E-state index < -0.39 is 84.7 Å². The molecule has 15 nitrogen and oxygen atoms in total. The molecule has 4 fully saturated rings.